The number of fused-ring (bicyclic) bond motifs is 3. The Morgan fingerprint density at radius 3 is 2.00 bits per heavy atom. The van der Waals surface area contributed by atoms with Gasteiger partial charge in [-0.1, -0.05) is 146 Å². The number of hydrogen-bond donors (Lipinski definition) is 0. The van der Waals surface area contributed by atoms with Crippen LogP contribution in [0.2, 0.25) is 0 Å². The first-order valence-corrected chi connectivity index (χ1v) is 20.8. The maximum absolute atomic E-state index is 7.03. The molecule has 0 saturated carbocycles. The molecule has 0 atom stereocenters. The third kappa shape index (κ3) is 8.17. The molecule has 1 aliphatic heterocycles. The van der Waals surface area contributed by atoms with Gasteiger partial charge >= 0.3 is 0 Å². The van der Waals surface area contributed by atoms with Crippen molar-refractivity contribution in [3.63, 3.8) is 0 Å². The molecule has 0 N–H and O–H groups in total. The number of nitrogens with zero attached hydrogens (tertiary/aromatic N) is 4. The van der Waals surface area contributed by atoms with E-state index in [0.717, 1.165) is 50.1 Å². The summed E-state index contributed by atoms with van der Waals surface area (Å²) in [6.45, 7) is 20.0. The normalized spacial score (nSPS) is 13.2. The Bertz CT molecular complexity index is 2880. The number of hydrogen-bond acceptors (Lipinski definition) is 4. The van der Waals surface area contributed by atoms with Gasteiger partial charge in [-0.2, -0.15) is 12.1 Å². The molecule has 0 unspecified atom stereocenters. The maximum atomic E-state index is 7.03. The summed E-state index contributed by atoms with van der Waals surface area (Å²) < 4.78 is 9.25. The standard InChI is InChI=1S/C55H51N4O.Pt/c1-53(2,3)41-20-15-21-43(33-41)57-30-31-58(37-57)44-23-26-48(55(7,8)40-18-13-10-14-19-40)51(35-44)60-45-24-25-46-47-32-39(38-16-11-9-12-17-38)22-27-49(47)59(50(46)36-45)52-34-42(28-29-56-52)54(4,5)6;/h9-34,37H,1-8H3;/q-3;. The molecule has 8 aromatic rings. The van der Waals surface area contributed by atoms with Crippen molar-refractivity contribution < 1.29 is 25.8 Å². The van der Waals surface area contributed by atoms with E-state index in [9.17, 15) is 0 Å². The van der Waals surface area contributed by atoms with Gasteiger partial charge in [0.15, 0.2) is 0 Å². The van der Waals surface area contributed by atoms with Crippen LogP contribution in [-0.4, -0.2) is 9.55 Å². The topological polar surface area (TPSA) is 33.5 Å². The zero-order valence-electron chi connectivity index (χ0n) is 36.1. The SMILES string of the molecule is CC(C)(C)c1cccc(N2C=CN(c3[c-]c(Oc4[c-]c5c(cc4)c4cc(-c6ccccc6)ccc4n5-c4cc(C(C)(C)C)ccn4)c(C(C)(C)c4ccccc4)cc3)[CH-]2)c1.[Pt]. The minimum absolute atomic E-state index is 0. The van der Waals surface area contributed by atoms with Crippen LogP contribution in [0.25, 0.3) is 38.8 Å². The van der Waals surface area contributed by atoms with E-state index in [-0.39, 0.29) is 37.3 Å². The Balaban J connectivity index is 0.00000514. The summed E-state index contributed by atoms with van der Waals surface area (Å²) in [5, 5.41) is 2.21. The summed E-state index contributed by atoms with van der Waals surface area (Å²) in [6.07, 6.45) is 6.07. The first-order valence-electron chi connectivity index (χ1n) is 20.8. The predicted octanol–water partition coefficient (Wildman–Crippen LogP) is 14.1. The van der Waals surface area contributed by atoms with Crippen molar-refractivity contribution in [2.24, 2.45) is 0 Å². The monoisotopic (exact) mass is 978 g/mol. The number of aromatic nitrogens is 2. The van der Waals surface area contributed by atoms with E-state index in [0.29, 0.717) is 11.5 Å². The Morgan fingerprint density at radius 1 is 0.574 bits per heavy atom. The molecule has 1 aliphatic rings. The van der Waals surface area contributed by atoms with Crippen LogP contribution in [0.1, 0.15) is 77.6 Å². The molecule has 0 bridgehead atoms. The first kappa shape index (κ1) is 41.8. The summed E-state index contributed by atoms with van der Waals surface area (Å²) in [6, 6.07) is 56.8. The van der Waals surface area contributed by atoms with Crippen LogP contribution in [0.15, 0.2) is 158 Å². The van der Waals surface area contributed by atoms with Crippen molar-refractivity contribution >= 4 is 33.2 Å². The minimum atomic E-state index is -0.389. The van der Waals surface area contributed by atoms with Gasteiger partial charge in [-0.3, -0.25) is 0 Å². The van der Waals surface area contributed by atoms with Crippen molar-refractivity contribution in [3.05, 3.63) is 199 Å². The van der Waals surface area contributed by atoms with Crippen molar-refractivity contribution in [3.8, 4) is 28.4 Å². The molecule has 0 saturated heterocycles. The van der Waals surface area contributed by atoms with Crippen LogP contribution in [-0.2, 0) is 37.3 Å². The summed E-state index contributed by atoms with van der Waals surface area (Å²) in [5.41, 5.74) is 10.6. The van der Waals surface area contributed by atoms with E-state index < -0.39 is 0 Å². The van der Waals surface area contributed by atoms with E-state index in [1.807, 2.05) is 12.3 Å². The zero-order chi connectivity index (χ0) is 41.8. The molecule has 0 fully saturated rings. The van der Waals surface area contributed by atoms with Crippen molar-refractivity contribution in [1.29, 1.82) is 0 Å². The van der Waals surface area contributed by atoms with E-state index in [1.165, 1.54) is 22.3 Å². The fourth-order valence-corrected chi connectivity index (χ4v) is 8.13. The Kier molecular flexibility index (Phi) is 11.1. The van der Waals surface area contributed by atoms with Crippen LogP contribution in [0.4, 0.5) is 11.4 Å². The average Bonchev–Trinajstić information content (AvgIpc) is 3.87. The van der Waals surface area contributed by atoms with E-state index in [4.69, 9.17) is 9.72 Å². The molecule has 0 amide bonds. The molecular weight excluding hydrogens is 928 g/mol. The van der Waals surface area contributed by atoms with Crippen molar-refractivity contribution in [2.45, 2.75) is 71.6 Å². The largest absolute Gasteiger partial charge is 0.509 e. The molecule has 2 aromatic heterocycles. The predicted molar refractivity (Wildman–Crippen MR) is 249 cm³/mol. The smallest absolute Gasteiger partial charge is 0.135 e. The van der Waals surface area contributed by atoms with Crippen LogP contribution < -0.4 is 14.5 Å². The van der Waals surface area contributed by atoms with Gasteiger partial charge in [0, 0.05) is 50.0 Å². The van der Waals surface area contributed by atoms with Gasteiger partial charge in [-0.05, 0) is 92.2 Å². The van der Waals surface area contributed by atoms with Gasteiger partial charge in [-0.25, -0.2) is 4.98 Å². The number of pyridine rings is 1. The Morgan fingerprint density at radius 2 is 1.26 bits per heavy atom. The van der Waals surface area contributed by atoms with Crippen molar-refractivity contribution in [2.75, 3.05) is 9.80 Å². The minimum Gasteiger partial charge on any atom is -0.509 e. The maximum Gasteiger partial charge on any atom is 0.135 e. The number of anilines is 2. The second kappa shape index (κ2) is 16.2. The van der Waals surface area contributed by atoms with Gasteiger partial charge in [-0.15, -0.1) is 47.6 Å². The third-order valence-corrected chi connectivity index (χ3v) is 11.8. The quantitative estimate of drug-likeness (QED) is 0.142. The molecule has 6 aromatic carbocycles. The molecule has 0 aliphatic carbocycles. The second-order valence-corrected chi connectivity index (χ2v) is 18.4. The van der Waals surface area contributed by atoms with E-state index in [1.54, 1.807) is 0 Å². The summed E-state index contributed by atoms with van der Waals surface area (Å²) in [5.74, 6) is 2.09. The molecule has 5 nitrogen and oxygen atoms in total. The van der Waals surface area contributed by atoms with Gasteiger partial charge in [0.05, 0.1) is 0 Å². The fraction of sp³-hybridized carbons (Fsp3) is 0.200. The average molecular weight is 979 g/mol. The molecule has 310 valence electrons. The summed E-state index contributed by atoms with van der Waals surface area (Å²) >= 11 is 0. The second-order valence-electron chi connectivity index (χ2n) is 18.4. The van der Waals surface area contributed by atoms with Gasteiger partial charge in [0.25, 0.3) is 0 Å². The summed E-state index contributed by atoms with van der Waals surface area (Å²) in [4.78, 5) is 9.19. The number of rotatable bonds is 8. The molecule has 0 radical (unpaired) electrons. The third-order valence-electron chi connectivity index (χ3n) is 11.8. The number of benzene rings is 6. The molecule has 9 rings (SSSR count). The van der Waals surface area contributed by atoms with Crippen molar-refractivity contribution in [1.82, 2.24) is 9.55 Å². The number of ether oxygens (including phenoxy) is 1. The molecule has 3 heterocycles. The van der Waals surface area contributed by atoms with E-state index in [2.05, 4.69) is 234 Å². The Labute approximate surface area is 375 Å². The van der Waals surface area contributed by atoms with Gasteiger partial charge in [0.1, 0.15) is 5.82 Å². The molecular formula is C55H51N4OPt-3. The molecule has 6 heteroatoms. The van der Waals surface area contributed by atoms with Crippen LogP contribution in [0.5, 0.6) is 11.5 Å². The first-order chi connectivity index (χ1) is 28.7. The molecule has 61 heavy (non-hydrogen) atoms. The van der Waals surface area contributed by atoms with Crippen LogP contribution in [0.3, 0.4) is 0 Å². The summed E-state index contributed by atoms with van der Waals surface area (Å²) in [7, 11) is 0. The van der Waals surface area contributed by atoms with Gasteiger partial charge in [0.2, 0.25) is 0 Å². The molecule has 0 spiro atoms. The van der Waals surface area contributed by atoms with Gasteiger partial charge < -0.3 is 19.1 Å². The van der Waals surface area contributed by atoms with Crippen LogP contribution in [0, 0.1) is 18.8 Å². The fourth-order valence-electron chi connectivity index (χ4n) is 8.13. The Hall–Kier alpha value is -5.90. The van der Waals surface area contributed by atoms with E-state index >= 15 is 0 Å². The zero-order valence-corrected chi connectivity index (χ0v) is 38.4. The van der Waals surface area contributed by atoms with Crippen LogP contribution >= 0.6 is 0 Å².